The van der Waals surface area contributed by atoms with Crippen LogP contribution >= 0.6 is 12.6 Å². The van der Waals surface area contributed by atoms with Crippen molar-refractivity contribution in [3.05, 3.63) is 0 Å². The molecule has 0 amide bonds. The van der Waals surface area contributed by atoms with E-state index in [4.69, 9.17) is 5.73 Å². The van der Waals surface area contributed by atoms with Crippen LogP contribution in [0.5, 0.6) is 0 Å². The van der Waals surface area contributed by atoms with E-state index in [0.717, 1.165) is 12.5 Å². The molecule has 2 N–H and O–H groups in total. The minimum atomic E-state index is 0.524. The Balaban J connectivity index is 1.96. The number of rotatable bonds is 3. The smallest absolute Gasteiger partial charge is 0.103 e. The summed E-state index contributed by atoms with van der Waals surface area (Å²) in [6.45, 7) is 0.954. The molecule has 0 aliphatic heterocycles. The molecule has 2 atom stereocenters. The lowest BCUT2D eigenvalue weighted by atomic mass is 9.76. The molecular weight excluding hydrogens is 192 g/mol. The van der Waals surface area contributed by atoms with Gasteiger partial charge in [0.05, 0.1) is 0 Å². The number of thiol groups is 1. The molecule has 0 aromatic heterocycles. The fraction of sp³-hybridized carbons (Fsp3) is 0.909. The predicted octanol–water partition coefficient (Wildman–Crippen LogP) is 2.24. The van der Waals surface area contributed by atoms with Crippen LogP contribution in [-0.2, 0) is 0 Å². The van der Waals surface area contributed by atoms with E-state index in [1.165, 1.54) is 38.5 Å². The van der Waals surface area contributed by atoms with Crippen molar-refractivity contribution in [1.82, 2.24) is 0 Å². The van der Waals surface area contributed by atoms with Crippen LogP contribution in [-0.4, -0.2) is 18.1 Å². The average Bonchev–Trinajstić information content (AvgIpc) is 2.51. The maximum absolute atomic E-state index is 5.69. The Morgan fingerprint density at radius 2 is 2.29 bits per heavy atom. The standard InChI is InChI=1S/C11H20N2S/c12-10(7-14)13-8-11-4-1-2-9(6-11)3-5-11/h9,14H,1-8H2,(H2,12,13). The van der Waals surface area contributed by atoms with Gasteiger partial charge in [0, 0.05) is 12.3 Å². The molecule has 2 bridgehead atoms. The monoisotopic (exact) mass is 212 g/mol. The largest absolute Gasteiger partial charge is 0.387 e. The van der Waals surface area contributed by atoms with Gasteiger partial charge in [-0.15, -0.1) is 0 Å². The van der Waals surface area contributed by atoms with Crippen LogP contribution in [0.4, 0.5) is 0 Å². The van der Waals surface area contributed by atoms with E-state index in [9.17, 15) is 0 Å². The third-order valence-electron chi connectivity index (χ3n) is 3.90. The topological polar surface area (TPSA) is 38.4 Å². The van der Waals surface area contributed by atoms with Crippen LogP contribution in [0.25, 0.3) is 0 Å². The number of nitrogens with two attached hydrogens (primary N) is 1. The van der Waals surface area contributed by atoms with Crippen LogP contribution in [0.3, 0.4) is 0 Å². The van der Waals surface area contributed by atoms with Crippen molar-refractivity contribution in [3.63, 3.8) is 0 Å². The van der Waals surface area contributed by atoms with Crippen molar-refractivity contribution in [2.45, 2.75) is 38.5 Å². The highest BCUT2D eigenvalue weighted by molar-refractivity contribution is 7.81. The SMILES string of the molecule is NC(CS)=NCC12CCCC(CC1)C2. The number of hydrogen-bond acceptors (Lipinski definition) is 2. The van der Waals surface area contributed by atoms with Crippen molar-refractivity contribution in [2.75, 3.05) is 12.3 Å². The number of hydrogen-bond donors (Lipinski definition) is 2. The van der Waals surface area contributed by atoms with Crippen molar-refractivity contribution < 1.29 is 0 Å². The van der Waals surface area contributed by atoms with Crippen molar-refractivity contribution in [2.24, 2.45) is 22.1 Å². The second-order valence-corrected chi connectivity index (χ2v) is 5.28. The molecule has 2 nitrogen and oxygen atoms in total. The minimum absolute atomic E-state index is 0.524. The molecule has 2 unspecified atom stereocenters. The Labute approximate surface area is 91.8 Å². The van der Waals surface area contributed by atoms with Gasteiger partial charge in [0.2, 0.25) is 0 Å². The molecule has 0 aromatic rings. The zero-order chi connectivity index (χ0) is 10.0. The van der Waals surface area contributed by atoms with Gasteiger partial charge in [-0.25, -0.2) is 0 Å². The first-order chi connectivity index (χ1) is 6.74. The molecule has 0 radical (unpaired) electrons. The molecule has 14 heavy (non-hydrogen) atoms. The Morgan fingerprint density at radius 3 is 3.07 bits per heavy atom. The Morgan fingerprint density at radius 1 is 1.43 bits per heavy atom. The molecule has 2 rings (SSSR count). The predicted molar refractivity (Wildman–Crippen MR) is 64.0 cm³/mol. The first-order valence-electron chi connectivity index (χ1n) is 5.64. The molecule has 2 saturated carbocycles. The highest BCUT2D eigenvalue weighted by atomic mass is 32.1. The Kier molecular flexibility index (Phi) is 3.05. The van der Waals surface area contributed by atoms with Gasteiger partial charge in [0.25, 0.3) is 0 Å². The van der Waals surface area contributed by atoms with Crippen molar-refractivity contribution >= 4 is 18.5 Å². The van der Waals surface area contributed by atoms with Gasteiger partial charge in [-0.3, -0.25) is 4.99 Å². The normalized spacial score (nSPS) is 37.5. The third kappa shape index (κ3) is 2.08. The molecule has 0 spiro atoms. The zero-order valence-electron chi connectivity index (χ0n) is 8.71. The summed E-state index contributed by atoms with van der Waals surface area (Å²) in [7, 11) is 0. The van der Waals surface area contributed by atoms with E-state index in [1.807, 2.05) is 0 Å². The summed E-state index contributed by atoms with van der Waals surface area (Å²) < 4.78 is 0. The first kappa shape index (κ1) is 10.3. The van der Waals surface area contributed by atoms with Gasteiger partial charge in [0.1, 0.15) is 5.84 Å². The van der Waals surface area contributed by atoms with E-state index in [1.54, 1.807) is 0 Å². The van der Waals surface area contributed by atoms with Gasteiger partial charge in [-0.1, -0.05) is 12.8 Å². The summed E-state index contributed by atoms with van der Waals surface area (Å²) in [4.78, 5) is 4.45. The maximum Gasteiger partial charge on any atom is 0.103 e. The first-order valence-corrected chi connectivity index (χ1v) is 6.27. The second kappa shape index (κ2) is 4.13. The van der Waals surface area contributed by atoms with E-state index in [0.29, 0.717) is 17.0 Å². The summed E-state index contributed by atoms with van der Waals surface area (Å²) in [6.07, 6.45) is 8.43. The molecule has 80 valence electrons. The molecule has 2 fully saturated rings. The lowest BCUT2D eigenvalue weighted by molar-refractivity contribution is 0.221. The maximum atomic E-state index is 5.69. The quantitative estimate of drug-likeness (QED) is 0.420. The Hall–Kier alpha value is -0.180. The summed E-state index contributed by atoms with van der Waals surface area (Å²) >= 11 is 4.12. The highest BCUT2D eigenvalue weighted by Crippen LogP contribution is 2.51. The molecule has 3 heteroatoms. The van der Waals surface area contributed by atoms with Crippen LogP contribution in [0.2, 0.25) is 0 Å². The van der Waals surface area contributed by atoms with Crippen molar-refractivity contribution in [3.8, 4) is 0 Å². The lowest BCUT2D eigenvalue weighted by Crippen LogP contribution is -2.26. The summed E-state index contributed by atoms with van der Waals surface area (Å²) in [6, 6.07) is 0. The number of aliphatic imine (C=N–C) groups is 1. The van der Waals surface area contributed by atoms with E-state index >= 15 is 0 Å². The zero-order valence-corrected chi connectivity index (χ0v) is 9.60. The fourth-order valence-corrected chi connectivity index (χ4v) is 3.21. The van der Waals surface area contributed by atoms with Crippen LogP contribution in [0.15, 0.2) is 4.99 Å². The number of fused-ring (bicyclic) bond motifs is 2. The van der Waals surface area contributed by atoms with Crippen LogP contribution in [0, 0.1) is 11.3 Å². The second-order valence-electron chi connectivity index (χ2n) is 4.97. The van der Waals surface area contributed by atoms with Gasteiger partial charge in [0.15, 0.2) is 0 Å². The highest BCUT2D eigenvalue weighted by Gasteiger charge is 2.41. The van der Waals surface area contributed by atoms with Crippen LogP contribution in [0.1, 0.15) is 38.5 Å². The van der Waals surface area contributed by atoms with Crippen molar-refractivity contribution in [1.29, 1.82) is 0 Å². The lowest BCUT2D eigenvalue weighted by Gasteiger charge is -2.31. The summed E-state index contributed by atoms with van der Waals surface area (Å²) in [5.41, 5.74) is 6.22. The molecule has 2 aliphatic rings. The molecular formula is C11H20N2S. The van der Waals surface area contributed by atoms with Gasteiger partial charge in [-0.2, -0.15) is 12.6 Å². The third-order valence-corrected chi connectivity index (χ3v) is 4.23. The number of amidine groups is 1. The van der Waals surface area contributed by atoms with E-state index in [-0.39, 0.29) is 0 Å². The number of nitrogens with zero attached hydrogens (tertiary/aromatic N) is 1. The summed E-state index contributed by atoms with van der Waals surface area (Å²) in [5, 5.41) is 0. The molecule has 0 saturated heterocycles. The average molecular weight is 212 g/mol. The Bertz CT molecular complexity index is 235. The molecule has 2 aliphatic carbocycles. The minimum Gasteiger partial charge on any atom is -0.387 e. The van der Waals surface area contributed by atoms with Gasteiger partial charge < -0.3 is 5.73 Å². The van der Waals surface area contributed by atoms with Gasteiger partial charge >= 0.3 is 0 Å². The van der Waals surface area contributed by atoms with Gasteiger partial charge in [-0.05, 0) is 37.0 Å². The summed E-state index contributed by atoms with van der Waals surface area (Å²) in [5.74, 6) is 2.30. The van der Waals surface area contributed by atoms with E-state index < -0.39 is 0 Å². The molecule has 0 aromatic carbocycles. The van der Waals surface area contributed by atoms with E-state index in [2.05, 4.69) is 17.6 Å². The fourth-order valence-electron chi connectivity index (χ4n) is 3.11. The van der Waals surface area contributed by atoms with Crippen LogP contribution < -0.4 is 5.73 Å². The molecule has 0 heterocycles.